The Labute approximate surface area is 197 Å². The number of benzene rings is 2. The van der Waals surface area contributed by atoms with E-state index in [0.717, 1.165) is 5.56 Å². The lowest BCUT2D eigenvalue weighted by Gasteiger charge is -2.21. The van der Waals surface area contributed by atoms with E-state index in [-0.39, 0.29) is 19.0 Å². The molecule has 0 aromatic heterocycles. The van der Waals surface area contributed by atoms with Gasteiger partial charge in [0.2, 0.25) is 5.91 Å². The minimum Gasteiger partial charge on any atom is -0.442 e. The van der Waals surface area contributed by atoms with Crippen LogP contribution in [0.4, 0.5) is 23.7 Å². The first-order valence-corrected chi connectivity index (χ1v) is 11.4. The van der Waals surface area contributed by atoms with Gasteiger partial charge in [-0.2, -0.15) is 0 Å². The average molecular weight is 478 g/mol. The van der Waals surface area contributed by atoms with Crippen molar-refractivity contribution < 1.29 is 27.5 Å². The summed E-state index contributed by atoms with van der Waals surface area (Å²) in [5.41, 5.74) is 2.43. The fourth-order valence-corrected chi connectivity index (χ4v) is 3.89. The van der Waals surface area contributed by atoms with Crippen LogP contribution in [0.1, 0.15) is 25.3 Å². The number of ether oxygens (including phenoxy) is 1. The zero-order chi connectivity index (χ0) is 24.5. The standard InChI is InChI=1S/C25H30F3N3O3/c1-18(32)29-15-22-17-31(25(33)34-22)21-8-9-23(24(28)14-21)20-6-4-19(5-7-20)16-30(12-2-10-26)13-3-11-27/h4-9,14,22H,2-3,10-13,15-17H2,1H3,(H,29,32). The highest BCUT2D eigenvalue weighted by molar-refractivity contribution is 5.90. The van der Waals surface area contributed by atoms with Crippen molar-refractivity contribution >= 4 is 17.7 Å². The summed E-state index contributed by atoms with van der Waals surface area (Å²) < 4.78 is 45.3. The Balaban J connectivity index is 1.66. The second-order valence-corrected chi connectivity index (χ2v) is 8.28. The molecule has 0 aliphatic carbocycles. The molecule has 0 saturated carbocycles. The predicted molar refractivity (Wildman–Crippen MR) is 125 cm³/mol. The van der Waals surface area contributed by atoms with E-state index in [9.17, 15) is 22.8 Å². The monoisotopic (exact) mass is 477 g/mol. The van der Waals surface area contributed by atoms with E-state index >= 15 is 0 Å². The van der Waals surface area contributed by atoms with Gasteiger partial charge in [-0.25, -0.2) is 9.18 Å². The SMILES string of the molecule is CC(=O)NCC1CN(c2ccc(-c3ccc(CN(CCCF)CCCF)cc3)c(F)c2)C(=O)O1. The molecule has 3 rings (SSSR count). The summed E-state index contributed by atoms with van der Waals surface area (Å²) >= 11 is 0. The van der Waals surface area contributed by atoms with Crippen LogP contribution in [0.25, 0.3) is 11.1 Å². The number of cyclic esters (lactones) is 1. The molecule has 9 heteroatoms. The zero-order valence-electron chi connectivity index (χ0n) is 19.2. The van der Waals surface area contributed by atoms with Gasteiger partial charge in [0, 0.05) is 32.1 Å². The molecule has 2 aromatic rings. The Kier molecular flexibility index (Phi) is 9.33. The molecule has 34 heavy (non-hydrogen) atoms. The first kappa shape index (κ1) is 25.6. The number of anilines is 1. The predicted octanol–water partition coefficient (Wildman–Crippen LogP) is 4.48. The highest BCUT2D eigenvalue weighted by atomic mass is 19.1. The number of hydrogen-bond donors (Lipinski definition) is 1. The molecule has 1 aliphatic heterocycles. The highest BCUT2D eigenvalue weighted by Crippen LogP contribution is 2.29. The Bertz CT molecular complexity index is 964. The van der Waals surface area contributed by atoms with Gasteiger partial charge in [-0.15, -0.1) is 0 Å². The number of rotatable bonds is 12. The van der Waals surface area contributed by atoms with Crippen LogP contribution in [0, 0.1) is 5.82 Å². The van der Waals surface area contributed by atoms with E-state index in [2.05, 4.69) is 5.32 Å². The molecule has 1 aliphatic rings. The van der Waals surface area contributed by atoms with Crippen LogP contribution in [0.5, 0.6) is 0 Å². The van der Waals surface area contributed by atoms with E-state index in [1.807, 2.05) is 29.2 Å². The molecule has 6 nitrogen and oxygen atoms in total. The molecule has 184 valence electrons. The van der Waals surface area contributed by atoms with E-state index in [1.54, 1.807) is 12.1 Å². The number of hydrogen-bond acceptors (Lipinski definition) is 4. The van der Waals surface area contributed by atoms with Crippen molar-refractivity contribution in [3.63, 3.8) is 0 Å². The van der Waals surface area contributed by atoms with Crippen molar-refractivity contribution in [3.8, 4) is 11.1 Å². The summed E-state index contributed by atoms with van der Waals surface area (Å²) in [6, 6.07) is 11.9. The van der Waals surface area contributed by atoms with Crippen molar-refractivity contribution in [2.24, 2.45) is 0 Å². The molecule has 1 unspecified atom stereocenters. The molecule has 1 fully saturated rings. The van der Waals surface area contributed by atoms with Crippen LogP contribution in [0.15, 0.2) is 42.5 Å². The van der Waals surface area contributed by atoms with Crippen LogP contribution < -0.4 is 10.2 Å². The Morgan fingerprint density at radius 2 is 1.79 bits per heavy atom. The molecule has 1 atom stereocenters. The Morgan fingerprint density at radius 1 is 1.12 bits per heavy atom. The lowest BCUT2D eigenvalue weighted by atomic mass is 10.0. The maximum absolute atomic E-state index is 14.9. The summed E-state index contributed by atoms with van der Waals surface area (Å²) in [7, 11) is 0. The summed E-state index contributed by atoms with van der Waals surface area (Å²) in [5, 5.41) is 2.60. The quantitative estimate of drug-likeness (QED) is 0.490. The first-order chi connectivity index (χ1) is 16.4. The minimum atomic E-state index is -0.586. The van der Waals surface area contributed by atoms with Crippen LogP contribution in [-0.4, -0.2) is 62.5 Å². The number of carbonyl (C=O) groups excluding carboxylic acids is 2. The number of nitrogens with one attached hydrogen (secondary N) is 1. The summed E-state index contributed by atoms with van der Waals surface area (Å²) in [4.78, 5) is 26.6. The van der Waals surface area contributed by atoms with Gasteiger partial charge in [0.05, 0.1) is 32.1 Å². The summed E-state index contributed by atoms with van der Waals surface area (Å²) in [6.07, 6.45) is -0.279. The van der Waals surface area contributed by atoms with Gasteiger partial charge in [-0.05, 0) is 42.2 Å². The lowest BCUT2D eigenvalue weighted by molar-refractivity contribution is -0.119. The Morgan fingerprint density at radius 3 is 2.38 bits per heavy atom. The van der Waals surface area contributed by atoms with E-state index in [4.69, 9.17) is 4.74 Å². The fraction of sp³-hybridized carbons (Fsp3) is 0.440. The van der Waals surface area contributed by atoms with Gasteiger partial charge < -0.3 is 10.1 Å². The molecular formula is C25H30F3N3O3. The molecule has 0 bridgehead atoms. The fourth-order valence-electron chi connectivity index (χ4n) is 3.89. The number of alkyl halides is 2. The van der Waals surface area contributed by atoms with Crippen molar-refractivity contribution in [1.82, 2.24) is 10.2 Å². The highest BCUT2D eigenvalue weighted by Gasteiger charge is 2.32. The molecule has 1 heterocycles. The van der Waals surface area contributed by atoms with E-state index in [0.29, 0.717) is 49.3 Å². The van der Waals surface area contributed by atoms with Gasteiger partial charge in [0.25, 0.3) is 0 Å². The van der Waals surface area contributed by atoms with Crippen molar-refractivity contribution in [3.05, 3.63) is 53.8 Å². The maximum Gasteiger partial charge on any atom is 0.414 e. The van der Waals surface area contributed by atoms with Crippen molar-refractivity contribution in [1.29, 1.82) is 0 Å². The molecule has 2 aromatic carbocycles. The number of halogens is 3. The minimum absolute atomic E-state index is 0.198. The van der Waals surface area contributed by atoms with Gasteiger partial charge in [0.1, 0.15) is 11.9 Å². The Hall–Kier alpha value is -3.07. The summed E-state index contributed by atoms with van der Waals surface area (Å²) in [6.45, 7) is 2.65. The summed E-state index contributed by atoms with van der Waals surface area (Å²) in [5.74, 6) is -0.695. The zero-order valence-corrected chi connectivity index (χ0v) is 19.2. The van der Waals surface area contributed by atoms with Gasteiger partial charge in [0.15, 0.2) is 0 Å². The third-order valence-corrected chi connectivity index (χ3v) is 5.60. The third-order valence-electron chi connectivity index (χ3n) is 5.60. The molecule has 1 saturated heterocycles. The van der Waals surface area contributed by atoms with Crippen LogP contribution in [0.2, 0.25) is 0 Å². The molecule has 0 radical (unpaired) electrons. The third kappa shape index (κ3) is 6.96. The topological polar surface area (TPSA) is 61.9 Å². The smallest absolute Gasteiger partial charge is 0.414 e. The van der Waals surface area contributed by atoms with Crippen LogP contribution in [-0.2, 0) is 16.1 Å². The molecular weight excluding hydrogens is 447 g/mol. The van der Waals surface area contributed by atoms with Gasteiger partial charge in [-0.3, -0.25) is 23.4 Å². The largest absolute Gasteiger partial charge is 0.442 e. The van der Waals surface area contributed by atoms with Crippen molar-refractivity contribution in [2.75, 3.05) is 44.4 Å². The van der Waals surface area contributed by atoms with Gasteiger partial charge in [-0.1, -0.05) is 24.3 Å². The number of amides is 2. The number of carbonyl (C=O) groups is 2. The normalized spacial score (nSPS) is 15.6. The van der Waals surface area contributed by atoms with E-state index in [1.165, 1.54) is 17.9 Å². The van der Waals surface area contributed by atoms with E-state index < -0.39 is 31.4 Å². The maximum atomic E-state index is 14.9. The van der Waals surface area contributed by atoms with Gasteiger partial charge >= 0.3 is 6.09 Å². The van der Waals surface area contributed by atoms with Crippen LogP contribution in [0.3, 0.4) is 0 Å². The number of nitrogens with zero attached hydrogens (tertiary/aromatic N) is 2. The second-order valence-electron chi connectivity index (χ2n) is 8.28. The average Bonchev–Trinajstić information content (AvgIpc) is 3.20. The molecule has 0 spiro atoms. The van der Waals surface area contributed by atoms with Crippen LogP contribution >= 0.6 is 0 Å². The molecule has 1 N–H and O–H groups in total. The second kappa shape index (κ2) is 12.4. The lowest BCUT2D eigenvalue weighted by Crippen LogP contribution is -2.33. The van der Waals surface area contributed by atoms with Crippen molar-refractivity contribution in [2.45, 2.75) is 32.4 Å². The molecule has 2 amide bonds. The first-order valence-electron chi connectivity index (χ1n) is 11.4.